The Hall–Kier alpha value is -2.94. The zero-order chi connectivity index (χ0) is 21.2. The Morgan fingerprint density at radius 3 is 2.00 bits per heavy atom. The second kappa shape index (κ2) is 7.82. The van der Waals surface area contributed by atoms with Gasteiger partial charge in [0.2, 0.25) is 16.9 Å². The molecule has 1 aliphatic carbocycles. The van der Waals surface area contributed by atoms with Crippen LogP contribution in [0, 0.1) is 5.92 Å². The Morgan fingerprint density at radius 1 is 1.03 bits per heavy atom. The van der Waals surface area contributed by atoms with E-state index in [0.717, 1.165) is 0 Å². The average Bonchev–Trinajstić information content (AvgIpc) is 3.22. The molecule has 29 heavy (non-hydrogen) atoms. The van der Waals surface area contributed by atoms with Crippen LogP contribution in [0.4, 0.5) is 0 Å². The minimum atomic E-state index is -2.39. The highest BCUT2D eigenvalue weighted by Gasteiger charge is 2.87. The molecular formula is C21H20N2O5S. The van der Waals surface area contributed by atoms with Crippen molar-refractivity contribution in [2.24, 2.45) is 17.4 Å². The second-order valence-corrected chi connectivity index (χ2v) is 7.23. The fourth-order valence-corrected chi connectivity index (χ4v) is 3.97. The quantitative estimate of drug-likeness (QED) is 0.256. The largest absolute Gasteiger partial charge is 0.479 e. The lowest BCUT2D eigenvalue weighted by molar-refractivity contribution is -0.142. The van der Waals surface area contributed by atoms with Gasteiger partial charge in [-0.05, 0) is 30.7 Å². The first-order valence-corrected chi connectivity index (χ1v) is 9.36. The van der Waals surface area contributed by atoms with Crippen molar-refractivity contribution in [2.45, 2.75) is 17.6 Å². The Kier molecular flexibility index (Phi) is 5.61. The summed E-state index contributed by atoms with van der Waals surface area (Å²) in [6.45, 7) is 0.0885. The summed E-state index contributed by atoms with van der Waals surface area (Å²) in [5.41, 5.74) is 7.93. The molecule has 0 radical (unpaired) electrons. The van der Waals surface area contributed by atoms with Gasteiger partial charge in [-0.15, -0.1) is 0 Å². The molecule has 0 aromatic heterocycles. The number of nitrogens with two attached hydrogens (primary N) is 2. The van der Waals surface area contributed by atoms with Gasteiger partial charge in [-0.25, -0.2) is 9.59 Å². The summed E-state index contributed by atoms with van der Waals surface area (Å²) < 4.78 is 5.54. The van der Waals surface area contributed by atoms with Crippen LogP contribution < -0.4 is 11.5 Å². The summed E-state index contributed by atoms with van der Waals surface area (Å²) in [4.78, 5) is 37.7. The van der Waals surface area contributed by atoms with Gasteiger partial charge >= 0.3 is 11.9 Å². The highest BCUT2D eigenvalue weighted by molar-refractivity contribution is 7.80. The Balaban J connectivity index is 2.07. The minimum Gasteiger partial charge on any atom is -0.479 e. The molecule has 0 saturated heterocycles. The van der Waals surface area contributed by atoms with Crippen molar-refractivity contribution in [3.63, 3.8) is 0 Å². The van der Waals surface area contributed by atoms with Crippen LogP contribution in [-0.2, 0) is 14.3 Å². The lowest BCUT2D eigenvalue weighted by Gasteiger charge is -2.28. The summed E-state index contributed by atoms with van der Waals surface area (Å²) in [5.74, 6) is -4.31. The van der Waals surface area contributed by atoms with Gasteiger partial charge in [-0.3, -0.25) is 4.79 Å². The number of rotatable bonds is 8. The molecule has 150 valence electrons. The first-order valence-electron chi connectivity index (χ1n) is 8.95. The molecule has 2 aromatic carbocycles. The Labute approximate surface area is 172 Å². The summed E-state index contributed by atoms with van der Waals surface area (Å²) >= 11 is 5.56. The third kappa shape index (κ3) is 3.25. The molecule has 0 aliphatic heterocycles. The maximum atomic E-state index is 12.8. The molecule has 3 atom stereocenters. The second-order valence-electron chi connectivity index (χ2n) is 6.79. The summed E-state index contributed by atoms with van der Waals surface area (Å²) in [6, 6.07) is 16.7. The van der Waals surface area contributed by atoms with E-state index in [9.17, 15) is 19.5 Å². The van der Waals surface area contributed by atoms with Crippen molar-refractivity contribution in [1.82, 2.24) is 0 Å². The number of carboxylic acid groups (broad SMARTS) is 1. The van der Waals surface area contributed by atoms with E-state index in [-0.39, 0.29) is 23.4 Å². The molecule has 1 aliphatic rings. The van der Waals surface area contributed by atoms with Crippen LogP contribution in [0.15, 0.2) is 60.7 Å². The van der Waals surface area contributed by atoms with E-state index in [2.05, 4.69) is 0 Å². The number of esters is 1. The van der Waals surface area contributed by atoms with Crippen LogP contribution in [0.1, 0.15) is 22.3 Å². The highest BCUT2D eigenvalue weighted by Crippen LogP contribution is 2.53. The molecule has 0 bridgehead atoms. The fourth-order valence-electron chi connectivity index (χ4n) is 3.55. The van der Waals surface area contributed by atoms with E-state index in [4.69, 9.17) is 28.4 Å². The number of hydrogen-bond donors (Lipinski definition) is 3. The number of thiocarbonyl (C=S) groups is 1. The first-order chi connectivity index (χ1) is 13.8. The van der Waals surface area contributed by atoms with E-state index in [1.807, 2.05) is 0 Å². The van der Waals surface area contributed by atoms with Gasteiger partial charge in [-0.2, -0.15) is 0 Å². The van der Waals surface area contributed by atoms with Crippen LogP contribution in [0.2, 0.25) is 0 Å². The molecule has 2 aromatic rings. The molecule has 8 heteroatoms. The van der Waals surface area contributed by atoms with E-state index >= 15 is 0 Å². The number of carbonyl (C=O) groups is 3. The summed E-state index contributed by atoms with van der Waals surface area (Å²) in [6.07, 6.45) is 0.119. The molecule has 0 amide bonds. The number of ether oxygens (including phenoxy) is 1. The predicted molar refractivity (Wildman–Crippen MR) is 109 cm³/mol. The molecule has 1 fully saturated rings. The van der Waals surface area contributed by atoms with Gasteiger partial charge in [-0.1, -0.05) is 60.7 Å². The molecule has 3 rings (SSSR count). The number of carboxylic acids is 1. The lowest BCUT2D eigenvalue weighted by Crippen LogP contribution is -2.50. The van der Waals surface area contributed by atoms with Crippen molar-refractivity contribution in [2.75, 3.05) is 6.54 Å². The van der Waals surface area contributed by atoms with Crippen LogP contribution in [0.25, 0.3) is 0 Å². The van der Waals surface area contributed by atoms with Crippen LogP contribution >= 0.6 is 12.2 Å². The van der Waals surface area contributed by atoms with Gasteiger partial charge < -0.3 is 21.3 Å². The number of benzene rings is 2. The van der Waals surface area contributed by atoms with E-state index in [1.165, 1.54) is 12.1 Å². The zero-order valence-electron chi connectivity index (χ0n) is 15.4. The van der Waals surface area contributed by atoms with Gasteiger partial charge in [0.05, 0.1) is 5.56 Å². The fraction of sp³-hybridized carbons (Fsp3) is 0.238. The third-order valence-electron chi connectivity index (χ3n) is 5.14. The lowest BCUT2D eigenvalue weighted by atomic mass is 9.86. The van der Waals surface area contributed by atoms with Crippen molar-refractivity contribution in [3.8, 4) is 0 Å². The van der Waals surface area contributed by atoms with Gasteiger partial charge in [0.15, 0.2) is 0 Å². The first kappa shape index (κ1) is 20.8. The van der Waals surface area contributed by atoms with Crippen molar-refractivity contribution in [3.05, 3.63) is 71.8 Å². The monoisotopic (exact) mass is 412 g/mol. The normalized spacial score (nSPS) is 23.9. The molecule has 7 nitrogen and oxygen atoms in total. The number of hydrogen-bond acceptors (Lipinski definition) is 7. The number of Topliss-reactive ketones (excluding diaryl/α,β-unsaturated/α-hetero) is 1. The summed E-state index contributed by atoms with van der Waals surface area (Å²) in [5, 5.41) is 9.66. The van der Waals surface area contributed by atoms with Gasteiger partial charge in [0, 0.05) is 10.8 Å². The van der Waals surface area contributed by atoms with E-state index in [0.29, 0.717) is 5.56 Å². The molecule has 0 heterocycles. The molecule has 2 unspecified atom stereocenters. The number of ketones is 1. The van der Waals surface area contributed by atoms with Crippen LogP contribution in [0.3, 0.4) is 0 Å². The van der Waals surface area contributed by atoms with E-state index < -0.39 is 34.8 Å². The Bertz CT molecular complexity index is 966. The van der Waals surface area contributed by atoms with Gasteiger partial charge in [0.25, 0.3) is 0 Å². The zero-order valence-corrected chi connectivity index (χ0v) is 16.2. The van der Waals surface area contributed by atoms with Crippen molar-refractivity contribution >= 4 is 34.8 Å². The SMILES string of the molecule is NCCC(C(=S)c1ccccc1)C1(OC(=O)c2ccccc2)C(=O)[C@@]1(N)C(=O)O. The van der Waals surface area contributed by atoms with Crippen molar-refractivity contribution < 1.29 is 24.2 Å². The topological polar surface area (TPSA) is 133 Å². The standard InChI is InChI=1S/C21H20N2O5S/c22-12-11-15(16(29)13-7-3-1-4-8-13)21(18(25)20(21,23)19(26)27)28-17(24)14-9-5-2-6-10-14/h1-10,15H,11-12,22-23H2,(H,26,27)/t15?,20-,21?/m1/s1. The smallest absolute Gasteiger partial charge is 0.339 e. The Morgan fingerprint density at radius 2 is 1.55 bits per heavy atom. The molecular weight excluding hydrogens is 392 g/mol. The van der Waals surface area contributed by atoms with Crippen molar-refractivity contribution in [1.29, 1.82) is 0 Å². The van der Waals surface area contributed by atoms with E-state index in [1.54, 1.807) is 48.5 Å². The molecule has 1 saturated carbocycles. The maximum Gasteiger partial charge on any atom is 0.339 e. The minimum absolute atomic E-state index is 0.0885. The third-order valence-corrected chi connectivity index (χ3v) is 5.66. The highest BCUT2D eigenvalue weighted by atomic mass is 32.1. The molecule has 5 N–H and O–H groups in total. The summed E-state index contributed by atoms with van der Waals surface area (Å²) in [7, 11) is 0. The number of carbonyl (C=O) groups excluding carboxylic acids is 2. The maximum absolute atomic E-state index is 12.8. The van der Waals surface area contributed by atoms with Crippen LogP contribution in [-0.4, -0.2) is 45.4 Å². The van der Waals surface area contributed by atoms with Crippen LogP contribution in [0.5, 0.6) is 0 Å². The molecule has 0 spiro atoms. The van der Waals surface area contributed by atoms with Gasteiger partial charge in [0.1, 0.15) is 0 Å². The predicted octanol–water partition coefficient (Wildman–Crippen LogP) is 1.33. The number of aliphatic carboxylic acids is 1. The average molecular weight is 412 g/mol.